The summed E-state index contributed by atoms with van der Waals surface area (Å²) in [6.45, 7) is 0. The van der Waals surface area contributed by atoms with Gasteiger partial charge in [-0.15, -0.1) is 0 Å². The molecular formula is C11H12O. The van der Waals surface area contributed by atoms with Gasteiger partial charge < -0.3 is 4.74 Å². The maximum Gasteiger partial charge on any atom is 0.123 e. The number of hydrogen-bond acceptors (Lipinski definition) is 1. The summed E-state index contributed by atoms with van der Waals surface area (Å²) in [7, 11) is 0. The van der Waals surface area contributed by atoms with Gasteiger partial charge in [0.25, 0.3) is 0 Å². The van der Waals surface area contributed by atoms with E-state index in [-0.39, 0.29) is 6.10 Å². The maximum atomic E-state index is 5.46. The van der Waals surface area contributed by atoms with Crippen LogP contribution in [0.3, 0.4) is 0 Å². The van der Waals surface area contributed by atoms with E-state index in [2.05, 4.69) is 30.4 Å². The lowest BCUT2D eigenvalue weighted by Gasteiger charge is -2.22. The van der Waals surface area contributed by atoms with Crippen molar-refractivity contribution in [3.8, 4) is 0 Å². The summed E-state index contributed by atoms with van der Waals surface area (Å²) in [6.07, 6.45) is 17.7. The minimum atomic E-state index is 0.233. The van der Waals surface area contributed by atoms with Gasteiger partial charge in [-0.3, -0.25) is 0 Å². The van der Waals surface area contributed by atoms with Crippen molar-refractivity contribution in [2.75, 3.05) is 0 Å². The first kappa shape index (κ1) is 7.41. The van der Waals surface area contributed by atoms with Crippen LogP contribution in [0.25, 0.3) is 0 Å². The number of allylic oxidation sites excluding steroid dienone is 5. The molecule has 0 radical (unpaired) electrons. The number of ether oxygens (including phenoxy) is 1. The molecule has 2 rings (SSSR count). The molecule has 62 valence electrons. The largest absolute Gasteiger partial charge is 0.493 e. The zero-order chi connectivity index (χ0) is 8.23. The molecule has 2 unspecified atom stereocenters. The Bertz CT molecular complexity index is 230. The summed E-state index contributed by atoms with van der Waals surface area (Å²) in [5.74, 6) is 0.510. The van der Waals surface area contributed by atoms with E-state index < -0.39 is 0 Å². The average Bonchev–Trinajstić information content (AvgIpc) is 2.21. The molecule has 0 N–H and O–H groups in total. The predicted molar refractivity (Wildman–Crippen MR) is 49.5 cm³/mol. The highest BCUT2D eigenvalue weighted by Crippen LogP contribution is 2.21. The van der Waals surface area contributed by atoms with Crippen LogP contribution in [0.4, 0.5) is 0 Å². The van der Waals surface area contributed by atoms with Gasteiger partial charge in [0.15, 0.2) is 0 Å². The van der Waals surface area contributed by atoms with Crippen LogP contribution in [-0.2, 0) is 4.74 Å². The van der Waals surface area contributed by atoms with Crippen LogP contribution in [0.2, 0.25) is 0 Å². The normalized spacial score (nSPS) is 32.0. The van der Waals surface area contributed by atoms with Crippen LogP contribution in [0.5, 0.6) is 0 Å². The lowest BCUT2D eigenvalue weighted by Crippen LogP contribution is -2.19. The zero-order valence-corrected chi connectivity index (χ0v) is 6.89. The number of rotatable bonds is 1. The van der Waals surface area contributed by atoms with Crippen LogP contribution in [-0.4, -0.2) is 6.10 Å². The van der Waals surface area contributed by atoms with Crippen LogP contribution >= 0.6 is 0 Å². The molecule has 12 heavy (non-hydrogen) atoms. The Balaban J connectivity index is 2.01. The summed E-state index contributed by atoms with van der Waals surface area (Å²) >= 11 is 0. The summed E-state index contributed by atoms with van der Waals surface area (Å²) in [5, 5.41) is 0. The fourth-order valence-electron chi connectivity index (χ4n) is 1.49. The first-order chi connectivity index (χ1) is 5.97. The summed E-state index contributed by atoms with van der Waals surface area (Å²) in [4.78, 5) is 0. The van der Waals surface area contributed by atoms with Gasteiger partial charge in [0.1, 0.15) is 6.10 Å². The zero-order valence-electron chi connectivity index (χ0n) is 6.89. The second kappa shape index (κ2) is 3.44. The van der Waals surface area contributed by atoms with E-state index in [0.717, 1.165) is 6.42 Å². The molecule has 0 aromatic heterocycles. The molecule has 2 aliphatic rings. The van der Waals surface area contributed by atoms with E-state index in [1.807, 2.05) is 12.2 Å². The Morgan fingerprint density at radius 2 is 1.92 bits per heavy atom. The molecule has 1 aliphatic carbocycles. The van der Waals surface area contributed by atoms with Gasteiger partial charge in [-0.05, 0) is 18.6 Å². The Kier molecular flexibility index (Phi) is 2.12. The van der Waals surface area contributed by atoms with Crippen molar-refractivity contribution in [1.29, 1.82) is 0 Å². The molecule has 0 fully saturated rings. The Morgan fingerprint density at radius 3 is 2.58 bits per heavy atom. The third-order valence-electron chi connectivity index (χ3n) is 2.16. The monoisotopic (exact) mass is 160 g/mol. The maximum absolute atomic E-state index is 5.46. The van der Waals surface area contributed by atoms with Crippen LogP contribution in [0, 0.1) is 5.92 Å². The quantitative estimate of drug-likeness (QED) is 0.573. The lowest BCUT2D eigenvalue weighted by atomic mass is 9.94. The van der Waals surface area contributed by atoms with E-state index in [1.54, 1.807) is 6.26 Å². The van der Waals surface area contributed by atoms with Crippen molar-refractivity contribution >= 4 is 0 Å². The second-order valence-electron chi connectivity index (χ2n) is 3.03. The standard InChI is InChI=1S/C11H12O/c1-2-6-10(7-3-1)11-8-4-5-9-12-11/h1-6,8-11H,7H2. The molecule has 0 aromatic carbocycles. The Labute approximate surface area is 72.7 Å². The Morgan fingerprint density at radius 1 is 1.00 bits per heavy atom. The lowest BCUT2D eigenvalue weighted by molar-refractivity contribution is 0.144. The van der Waals surface area contributed by atoms with Gasteiger partial charge in [-0.2, -0.15) is 0 Å². The molecule has 0 amide bonds. The molecule has 2 atom stereocenters. The molecule has 1 aliphatic heterocycles. The minimum absolute atomic E-state index is 0.233. The van der Waals surface area contributed by atoms with Gasteiger partial charge in [-0.25, -0.2) is 0 Å². The summed E-state index contributed by atoms with van der Waals surface area (Å²) in [5.41, 5.74) is 0. The molecule has 1 nitrogen and oxygen atoms in total. The Hall–Kier alpha value is -1.24. The van der Waals surface area contributed by atoms with Crippen molar-refractivity contribution in [2.45, 2.75) is 12.5 Å². The summed E-state index contributed by atoms with van der Waals surface area (Å²) in [6, 6.07) is 0. The van der Waals surface area contributed by atoms with Crippen LogP contribution in [0.15, 0.2) is 48.8 Å². The van der Waals surface area contributed by atoms with Crippen molar-refractivity contribution < 1.29 is 4.74 Å². The average molecular weight is 160 g/mol. The highest BCUT2D eigenvalue weighted by atomic mass is 16.5. The number of hydrogen-bond donors (Lipinski definition) is 0. The SMILES string of the molecule is C1=CCC(C2C=CC=CO2)C=C1. The smallest absolute Gasteiger partial charge is 0.123 e. The van der Waals surface area contributed by atoms with E-state index in [1.165, 1.54) is 0 Å². The van der Waals surface area contributed by atoms with Crippen molar-refractivity contribution in [3.05, 3.63) is 48.8 Å². The molecule has 0 spiro atoms. The molecule has 0 aromatic rings. The third kappa shape index (κ3) is 1.50. The van der Waals surface area contributed by atoms with Gasteiger partial charge >= 0.3 is 0 Å². The summed E-state index contributed by atoms with van der Waals surface area (Å²) < 4.78 is 5.46. The fourth-order valence-corrected chi connectivity index (χ4v) is 1.49. The van der Waals surface area contributed by atoms with Crippen LogP contribution < -0.4 is 0 Å². The van der Waals surface area contributed by atoms with Gasteiger partial charge in [-0.1, -0.05) is 30.4 Å². The first-order valence-corrected chi connectivity index (χ1v) is 4.29. The van der Waals surface area contributed by atoms with E-state index >= 15 is 0 Å². The van der Waals surface area contributed by atoms with E-state index in [9.17, 15) is 0 Å². The minimum Gasteiger partial charge on any atom is -0.493 e. The molecule has 0 saturated heterocycles. The highest BCUT2D eigenvalue weighted by Gasteiger charge is 2.17. The first-order valence-electron chi connectivity index (χ1n) is 4.29. The molecule has 0 bridgehead atoms. The highest BCUT2D eigenvalue weighted by molar-refractivity contribution is 5.17. The van der Waals surface area contributed by atoms with Crippen molar-refractivity contribution in [2.24, 2.45) is 5.92 Å². The second-order valence-corrected chi connectivity index (χ2v) is 3.03. The topological polar surface area (TPSA) is 9.23 Å². The van der Waals surface area contributed by atoms with Crippen LogP contribution in [0.1, 0.15) is 6.42 Å². The van der Waals surface area contributed by atoms with Gasteiger partial charge in [0.05, 0.1) is 6.26 Å². The predicted octanol–water partition coefficient (Wildman–Crippen LogP) is 2.59. The van der Waals surface area contributed by atoms with Gasteiger partial charge in [0, 0.05) is 5.92 Å². The molecule has 1 heteroatoms. The molecular weight excluding hydrogens is 148 g/mol. The molecule has 1 heterocycles. The van der Waals surface area contributed by atoms with Gasteiger partial charge in [0.2, 0.25) is 0 Å². The van der Waals surface area contributed by atoms with Crippen molar-refractivity contribution in [3.63, 3.8) is 0 Å². The van der Waals surface area contributed by atoms with E-state index in [4.69, 9.17) is 4.74 Å². The molecule has 0 saturated carbocycles. The fraction of sp³-hybridized carbons (Fsp3) is 0.273. The van der Waals surface area contributed by atoms with Crippen molar-refractivity contribution in [1.82, 2.24) is 0 Å². The van der Waals surface area contributed by atoms with E-state index in [0.29, 0.717) is 5.92 Å². The third-order valence-corrected chi connectivity index (χ3v) is 2.16.